The van der Waals surface area contributed by atoms with Crippen LogP contribution in [0.3, 0.4) is 0 Å². The lowest BCUT2D eigenvalue weighted by atomic mass is 10.1. The van der Waals surface area contributed by atoms with Crippen LogP contribution >= 0.6 is 11.3 Å². The number of carbonyl (C=O) groups is 2. The van der Waals surface area contributed by atoms with E-state index in [9.17, 15) is 9.59 Å². The minimum absolute atomic E-state index is 0.112. The van der Waals surface area contributed by atoms with Gasteiger partial charge in [-0.05, 0) is 17.7 Å². The van der Waals surface area contributed by atoms with E-state index in [2.05, 4.69) is 15.6 Å². The molecule has 0 radical (unpaired) electrons. The normalized spacial score (nSPS) is 10.5. The maximum absolute atomic E-state index is 12.1. The molecular formula is C21H21N3O3S. The number of amides is 2. The summed E-state index contributed by atoms with van der Waals surface area (Å²) in [6.45, 7) is 2.31. The zero-order valence-corrected chi connectivity index (χ0v) is 16.3. The maximum atomic E-state index is 12.1. The molecule has 0 aliphatic carbocycles. The minimum atomic E-state index is -0.130. The molecule has 0 atom stereocenters. The summed E-state index contributed by atoms with van der Waals surface area (Å²) in [6, 6.07) is 17.2. The van der Waals surface area contributed by atoms with Crippen LogP contribution in [0.25, 0.3) is 11.3 Å². The lowest BCUT2D eigenvalue weighted by Crippen LogP contribution is -2.14. The zero-order chi connectivity index (χ0) is 19.8. The maximum Gasteiger partial charge on any atom is 0.228 e. The number of aromatic nitrogens is 1. The Morgan fingerprint density at radius 1 is 1.04 bits per heavy atom. The Bertz CT molecular complexity index is 924. The highest BCUT2D eigenvalue weighted by Crippen LogP contribution is 2.26. The van der Waals surface area contributed by atoms with Crippen LogP contribution in [-0.2, 0) is 20.9 Å². The second-order valence-electron chi connectivity index (χ2n) is 6.13. The standard InChI is InChI=1S/C21H21N3O3S/c1-15(25)22-18-9-7-17(8-10-18)19-14-28-21(23-19)24-20(26)11-12-27-13-16-5-3-2-4-6-16/h2-10,14H,11-13H2,1H3,(H,22,25)(H,23,24,26). The molecule has 1 aromatic heterocycles. The summed E-state index contributed by atoms with van der Waals surface area (Å²) >= 11 is 1.37. The van der Waals surface area contributed by atoms with Crippen molar-refractivity contribution in [1.29, 1.82) is 0 Å². The molecule has 2 amide bonds. The first-order chi connectivity index (χ1) is 13.6. The van der Waals surface area contributed by atoms with E-state index in [1.807, 2.05) is 60.0 Å². The van der Waals surface area contributed by atoms with Crippen LogP contribution in [0, 0.1) is 0 Å². The van der Waals surface area contributed by atoms with Gasteiger partial charge in [0.25, 0.3) is 0 Å². The van der Waals surface area contributed by atoms with Crippen molar-refractivity contribution in [3.05, 3.63) is 65.5 Å². The van der Waals surface area contributed by atoms with Crippen LogP contribution in [0.2, 0.25) is 0 Å². The highest BCUT2D eigenvalue weighted by Gasteiger charge is 2.08. The lowest BCUT2D eigenvalue weighted by molar-refractivity contribution is -0.117. The Hall–Kier alpha value is -3.03. The van der Waals surface area contributed by atoms with Gasteiger partial charge in [0.15, 0.2) is 5.13 Å². The highest BCUT2D eigenvalue weighted by molar-refractivity contribution is 7.14. The van der Waals surface area contributed by atoms with Crippen molar-refractivity contribution >= 4 is 34.0 Å². The van der Waals surface area contributed by atoms with E-state index in [4.69, 9.17) is 4.74 Å². The first-order valence-corrected chi connectivity index (χ1v) is 9.73. The third-order valence-corrected chi connectivity index (χ3v) is 4.59. The topological polar surface area (TPSA) is 80.3 Å². The van der Waals surface area contributed by atoms with E-state index in [0.717, 1.165) is 22.5 Å². The number of nitrogens with one attached hydrogen (secondary N) is 2. The van der Waals surface area contributed by atoms with E-state index in [0.29, 0.717) is 18.3 Å². The summed E-state index contributed by atoms with van der Waals surface area (Å²) < 4.78 is 5.53. The molecule has 0 saturated carbocycles. The van der Waals surface area contributed by atoms with Crippen LogP contribution in [0.15, 0.2) is 60.0 Å². The molecule has 28 heavy (non-hydrogen) atoms. The summed E-state index contributed by atoms with van der Waals surface area (Å²) in [5.41, 5.74) is 3.50. The molecular weight excluding hydrogens is 374 g/mol. The number of hydrogen-bond acceptors (Lipinski definition) is 5. The van der Waals surface area contributed by atoms with Crippen molar-refractivity contribution in [3.8, 4) is 11.3 Å². The molecule has 0 aliphatic heterocycles. The quantitative estimate of drug-likeness (QED) is 0.557. The number of thiazole rings is 1. The highest BCUT2D eigenvalue weighted by atomic mass is 32.1. The first-order valence-electron chi connectivity index (χ1n) is 8.85. The molecule has 1 heterocycles. The molecule has 2 aromatic carbocycles. The van der Waals surface area contributed by atoms with E-state index >= 15 is 0 Å². The second-order valence-corrected chi connectivity index (χ2v) is 6.99. The van der Waals surface area contributed by atoms with Gasteiger partial charge in [-0.1, -0.05) is 42.5 Å². The SMILES string of the molecule is CC(=O)Nc1ccc(-c2csc(NC(=O)CCOCc3ccccc3)n2)cc1. The molecule has 0 bridgehead atoms. The van der Waals surface area contributed by atoms with Gasteiger partial charge in [0.1, 0.15) is 0 Å². The number of nitrogens with zero attached hydrogens (tertiary/aromatic N) is 1. The monoisotopic (exact) mass is 395 g/mol. The smallest absolute Gasteiger partial charge is 0.228 e. The summed E-state index contributed by atoms with van der Waals surface area (Å²) in [5.74, 6) is -0.242. The molecule has 0 saturated heterocycles. The Morgan fingerprint density at radius 2 is 1.79 bits per heavy atom. The van der Waals surface area contributed by atoms with Crippen molar-refractivity contribution < 1.29 is 14.3 Å². The summed E-state index contributed by atoms with van der Waals surface area (Å²) in [7, 11) is 0. The number of rotatable bonds is 8. The minimum Gasteiger partial charge on any atom is -0.376 e. The summed E-state index contributed by atoms with van der Waals surface area (Å²) in [5, 5.41) is 7.96. The van der Waals surface area contributed by atoms with Crippen LogP contribution in [0.4, 0.5) is 10.8 Å². The van der Waals surface area contributed by atoms with Gasteiger partial charge in [0.2, 0.25) is 11.8 Å². The lowest BCUT2D eigenvalue weighted by Gasteiger charge is -2.04. The number of benzene rings is 2. The van der Waals surface area contributed by atoms with Crippen LogP contribution < -0.4 is 10.6 Å². The van der Waals surface area contributed by atoms with Gasteiger partial charge in [-0.25, -0.2) is 4.98 Å². The molecule has 0 unspecified atom stereocenters. The Balaban J connectivity index is 1.46. The number of ether oxygens (including phenoxy) is 1. The molecule has 144 valence electrons. The molecule has 2 N–H and O–H groups in total. The number of hydrogen-bond donors (Lipinski definition) is 2. The Kier molecular flexibility index (Phi) is 6.89. The third kappa shape index (κ3) is 6.00. The summed E-state index contributed by atoms with van der Waals surface area (Å²) in [6.07, 6.45) is 0.271. The molecule has 3 aromatic rings. The van der Waals surface area contributed by atoms with Gasteiger partial charge >= 0.3 is 0 Å². The summed E-state index contributed by atoms with van der Waals surface area (Å²) in [4.78, 5) is 27.6. The number of carbonyl (C=O) groups excluding carboxylic acids is 2. The number of anilines is 2. The van der Waals surface area contributed by atoms with Gasteiger partial charge in [0, 0.05) is 23.6 Å². The van der Waals surface area contributed by atoms with E-state index in [-0.39, 0.29) is 18.2 Å². The fraction of sp³-hybridized carbons (Fsp3) is 0.190. The molecule has 0 spiro atoms. The first kappa shape index (κ1) is 19.7. The largest absolute Gasteiger partial charge is 0.376 e. The second kappa shape index (κ2) is 9.77. The molecule has 0 aliphatic rings. The molecule has 3 rings (SSSR count). The average molecular weight is 395 g/mol. The third-order valence-electron chi connectivity index (χ3n) is 3.84. The van der Waals surface area contributed by atoms with Crippen molar-refractivity contribution in [1.82, 2.24) is 4.98 Å². The van der Waals surface area contributed by atoms with Crippen LogP contribution in [0.5, 0.6) is 0 Å². The van der Waals surface area contributed by atoms with E-state index in [1.54, 1.807) is 0 Å². The molecule has 7 heteroatoms. The average Bonchev–Trinajstić information content (AvgIpc) is 3.14. The van der Waals surface area contributed by atoms with Gasteiger partial charge < -0.3 is 15.4 Å². The molecule has 6 nitrogen and oxygen atoms in total. The van der Waals surface area contributed by atoms with Gasteiger partial charge in [-0.15, -0.1) is 11.3 Å². The van der Waals surface area contributed by atoms with Gasteiger partial charge in [0.05, 0.1) is 25.3 Å². The Labute approximate surface area is 167 Å². The fourth-order valence-corrected chi connectivity index (χ4v) is 3.24. The fourth-order valence-electron chi connectivity index (χ4n) is 2.50. The van der Waals surface area contributed by atoms with Crippen molar-refractivity contribution in [2.75, 3.05) is 17.2 Å². The zero-order valence-electron chi connectivity index (χ0n) is 15.5. The van der Waals surface area contributed by atoms with Gasteiger partial charge in [-0.3, -0.25) is 9.59 Å². The van der Waals surface area contributed by atoms with Crippen molar-refractivity contribution in [2.24, 2.45) is 0 Å². The van der Waals surface area contributed by atoms with E-state index < -0.39 is 0 Å². The van der Waals surface area contributed by atoms with Crippen molar-refractivity contribution in [2.45, 2.75) is 20.0 Å². The Morgan fingerprint density at radius 3 is 2.50 bits per heavy atom. The predicted molar refractivity (Wildman–Crippen MR) is 111 cm³/mol. The molecule has 0 fully saturated rings. The predicted octanol–water partition coefficient (Wildman–Crippen LogP) is 4.31. The van der Waals surface area contributed by atoms with E-state index in [1.165, 1.54) is 18.3 Å². The van der Waals surface area contributed by atoms with Crippen molar-refractivity contribution in [3.63, 3.8) is 0 Å². The van der Waals surface area contributed by atoms with Crippen LogP contribution in [0.1, 0.15) is 18.9 Å². The van der Waals surface area contributed by atoms with Crippen LogP contribution in [-0.4, -0.2) is 23.4 Å². The van der Waals surface area contributed by atoms with Gasteiger partial charge in [-0.2, -0.15) is 0 Å².